The third-order valence-corrected chi connectivity index (χ3v) is 3.52. The first-order valence-electron chi connectivity index (χ1n) is 7.17. The van der Waals surface area contributed by atoms with E-state index in [0.717, 1.165) is 37.2 Å². The van der Waals surface area contributed by atoms with Gasteiger partial charge in [0.1, 0.15) is 0 Å². The van der Waals surface area contributed by atoms with E-state index in [0.29, 0.717) is 11.8 Å². The lowest BCUT2D eigenvalue weighted by Gasteiger charge is -2.18. The molecule has 1 unspecified atom stereocenters. The highest BCUT2D eigenvalue weighted by molar-refractivity contribution is 9.10. The van der Waals surface area contributed by atoms with Crippen LogP contribution in [-0.4, -0.2) is 26.3 Å². The van der Waals surface area contributed by atoms with Gasteiger partial charge in [-0.05, 0) is 42.5 Å². The molecule has 0 aliphatic carbocycles. The highest BCUT2D eigenvalue weighted by atomic mass is 79.9. The first-order chi connectivity index (χ1) is 9.13. The van der Waals surface area contributed by atoms with E-state index < -0.39 is 0 Å². The maximum Gasteiger partial charge on any atom is 0.0488 e. The van der Waals surface area contributed by atoms with Crippen LogP contribution in [0.1, 0.15) is 38.7 Å². The second-order valence-corrected chi connectivity index (χ2v) is 6.23. The summed E-state index contributed by atoms with van der Waals surface area (Å²) in [4.78, 5) is 0. The summed E-state index contributed by atoms with van der Waals surface area (Å²) >= 11 is 3.55. The fourth-order valence-corrected chi connectivity index (χ4v) is 2.43. The van der Waals surface area contributed by atoms with E-state index in [4.69, 9.17) is 4.74 Å². The number of benzene rings is 1. The second-order valence-electron chi connectivity index (χ2n) is 5.32. The molecule has 0 bridgehead atoms. The van der Waals surface area contributed by atoms with E-state index in [1.165, 1.54) is 5.56 Å². The quantitative estimate of drug-likeness (QED) is 0.686. The van der Waals surface area contributed by atoms with Gasteiger partial charge in [-0.3, -0.25) is 0 Å². The van der Waals surface area contributed by atoms with Crippen molar-refractivity contribution in [2.45, 2.75) is 33.1 Å². The van der Waals surface area contributed by atoms with Crippen LogP contribution in [0.4, 0.5) is 0 Å². The molecule has 0 fully saturated rings. The number of hydrogen-bond acceptors (Lipinski definition) is 2. The van der Waals surface area contributed by atoms with Crippen molar-refractivity contribution in [3.05, 3.63) is 34.3 Å². The summed E-state index contributed by atoms with van der Waals surface area (Å²) in [6, 6.07) is 8.59. The molecule has 1 aromatic carbocycles. The summed E-state index contributed by atoms with van der Waals surface area (Å²) in [6.45, 7) is 10.2. The molecule has 1 aromatic rings. The molecule has 0 saturated carbocycles. The van der Waals surface area contributed by atoms with Gasteiger partial charge in [0, 0.05) is 24.2 Å². The molecule has 1 rings (SSSR count). The molecule has 0 aromatic heterocycles. The minimum atomic E-state index is 0.518. The minimum Gasteiger partial charge on any atom is -0.381 e. The normalized spacial score (nSPS) is 12.9. The van der Waals surface area contributed by atoms with Crippen LogP contribution in [0.3, 0.4) is 0 Å². The van der Waals surface area contributed by atoms with Crippen LogP contribution in [0.2, 0.25) is 0 Å². The molecule has 108 valence electrons. The predicted molar refractivity (Wildman–Crippen MR) is 85.7 cm³/mol. The zero-order chi connectivity index (χ0) is 14.1. The van der Waals surface area contributed by atoms with Crippen molar-refractivity contribution >= 4 is 15.9 Å². The standard InChI is InChI=1S/C16H26BrNO/c1-4-18-11-15(8-9-19-12-13(2)3)14-6-5-7-16(17)10-14/h5-7,10,13,15,18H,4,8-9,11-12H2,1-3H3. The number of likely N-dealkylation sites (N-methyl/N-ethyl adjacent to an activating group) is 1. The third kappa shape index (κ3) is 7.09. The lowest BCUT2D eigenvalue weighted by Crippen LogP contribution is -2.22. The Hall–Kier alpha value is -0.380. The third-order valence-electron chi connectivity index (χ3n) is 3.02. The fraction of sp³-hybridized carbons (Fsp3) is 0.625. The van der Waals surface area contributed by atoms with Crippen molar-refractivity contribution in [1.82, 2.24) is 5.32 Å². The Morgan fingerprint density at radius 1 is 1.32 bits per heavy atom. The van der Waals surface area contributed by atoms with Crippen molar-refractivity contribution in [3.8, 4) is 0 Å². The van der Waals surface area contributed by atoms with Gasteiger partial charge in [0.05, 0.1) is 0 Å². The Bertz CT molecular complexity index is 354. The number of hydrogen-bond donors (Lipinski definition) is 1. The van der Waals surface area contributed by atoms with Crippen molar-refractivity contribution < 1.29 is 4.74 Å². The van der Waals surface area contributed by atoms with Crippen LogP contribution in [0, 0.1) is 5.92 Å². The van der Waals surface area contributed by atoms with Crippen LogP contribution in [0.25, 0.3) is 0 Å². The van der Waals surface area contributed by atoms with Crippen molar-refractivity contribution in [1.29, 1.82) is 0 Å². The summed E-state index contributed by atoms with van der Waals surface area (Å²) in [6.07, 6.45) is 1.07. The molecule has 1 N–H and O–H groups in total. The SMILES string of the molecule is CCNCC(CCOCC(C)C)c1cccc(Br)c1. The molecule has 2 nitrogen and oxygen atoms in total. The fourth-order valence-electron chi connectivity index (χ4n) is 2.01. The summed E-state index contributed by atoms with van der Waals surface area (Å²) < 4.78 is 6.87. The molecular weight excluding hydrogens is 302 g/mol. The lowest BCUT2D eigenvalue weighted by molar-refractivity contribution is 0.103. The first-order valence-corrected chi connectivity index (χ1v) is 7.96. The molecule has 0 spiro atoms. The maximum atomic E-state index is 5.72. The van der Waals surface area contributed by atoms with Crippen LogP contribution >= 0.6 is 15.9 Å². The van der Waals surface area contributed by atoms with Gasteiger partial charge in [-0.2, -0.15) is 0 Å². The topological polar surface area (TPSA) is 21.3 Å². The van der Waals surface area contributed by atoms with Gasteiger partial charge < -0.3 is 10.1 Å². The lowest BCUT2D eigenvalue weighted by atomic mass is 9.96. The summed E-state index contributed by atoms with van der Waals surface area (Å²) in [5.41, 5.74) is 1.38. The molecule has 0 amide bonds. The Morgan fingerprint density at radius 2 is 2.11 bits per heavy atom. The van der Waals surface area contributed by atoms with E-state index in [1.807, 2.05) is 0 Å². The molecule has 3 heteroatoms. The summed E-state index contributed by atoms with van der Waals surface area (Å²) in [7, 11) is 0. The van der Waals surface area contributed by atoms with Gasteiger partial charge in [0.25, 0.3) is 0 Å². The average Bonchev–Trinajstić information content (AvgIpc) is 2.37. The smallest absolute Gasteiger partial charge is 0.0488 e. The van der Waals surface area contributed by atoms with Gasteiger partial charge >= 0.3 is 0 Å². The Kier molecular flexibility index (Phi) is 8.35. The molecular formula is C16H26BrNO. The maximum absolute atomic E-state index is 5.72. The molecule has 0 heterocycles. The number of nitrogens with one attached hydrogen (secondary N) is 1. The van der Waals surface area contributed by atoms with Gasteiger partial charge in [0.15, 0.2) is 0 Å². The minimum absolute atomic E-state index is 0.518. The summed E-state index contributed by atoms with van der Waals surface area (Å²) in [5.74, 6) is 1.13. The average molecular weight is 328 g/mol. The van der Waals surface area contributed by atoms with E-state index in [1.54, 1.807) is 0 Å². The molecule has 0 radical (unpaired) electrons. The second kappa shape index (κ2) is 9.51. The van der Waals surface area contributed by atoms with Crippen LogP contribution in [0.5, 0.6) is 0 Å². The summed E-state index contributed by atoms with van der Waals surface area (Å²) in [5, 5.41) is 3.45. The molecule has 19 heavy (non-hydrogen) atoms. The molecule has 0 saturated heterocycles. The van der Waals surface area contributed by atoms with Crippen LogP contribution in [0.15, 0.2) is 28.7 Å². The zero-order valence-corrected chi connectivity index (χ0v) is 13.9. The number of halogens is 1. The Morgan fingerprint density at radius 3 is 2.74 bits per heavy atom. The van der Waals surface area contributed by atoms with Crippen LogP contribution in [-0.2, 0) is 4.74 Å². The van der Waals surface area contributed by atoms with Crippen molar-refractivity contribution in [2.24, 2.45) is 5.92 Å². The van der Waals surface area contributed by atoms with Gasteiger partial charge in [0.2, 0.25) is 0 Å². The molecule has 0 aliphatic heterocycles. The van der Waals surface area contributed by atoms with Crippen molar-refractivity contribution in [3.63, 3.8) is 0 Å². The van der Waals surface area contributed by atoms with E-state index in [9.17, 15) is 0 Å². The molecule has 1 atom stereocenters. The first kappa shape index (κ1) is 16.7. The van der Waals surface area contributed by atoms with Gasteiger partial charge in [-0.15, -0.1) is 0 Å². The van der Waals surface area contributed by atoms with Crippen LogP contribution < -0.4 is 5.32 Å². The van der Waals surface area contributed by atoms with E-state index in [2.05, 4.69) is 66.3 Å². The predicted octanol–water partition coefficient (Wildman–Crippen LogP) is 4.20. The Balaban J connectivity index is 2.51. The van der Waals surface area contributed by atoms with Gasteiger partial charge in [-0.25, -0.2) is 0 Å². The Labute approximate surface area is 126 Å². The highest BCUT2D eigenvalue weighted by Crippen LogP contribution is 2.22. The molecule has 0 aliphatic rings. The number of ether oxygens (including phenoxy) is 1. The van der Waals surface area contributed by atoms with E-state index in [-0.39, 0.29) is 0 Å². The number of rotatable bonds is 9. The largest absolute Gasteiger partial charge is 0.381 e. The highest BCUT2D eigenvalue weighted by Gasteiger charge is 2.11. The van der Waals surface area contributed by atoms with Gasteiger partial charge in [-0.1, -0.05) is 48.8 Å². The zero-order valence-electron chi connectivity index (χ0n) is 12.3. The van der Waals surface area contributed by atoms with E-state index >= 15 is 0 Å². The monoisotopic (exact) mass is 327 g/mol. The van der Waals surface area contributed by atoms with Crippen molar-refractivity contribution in [2.75, 3.05) is 26.3 Å².